The van der Waals surface area contributed by atoms with Crippen molar-refractivity contribution in [2.24, 2.45) is 0 Å². The van der Waals surface area contributed by atoms with E-state index in [2.05, 4.69) is 5.10 Å². The third-order valence-corrected chi connectivity index (χ3v) is 2.90. The van der Waals surface area contributed by atoms with Crippen molar-refractivity contribution in [3.8, 4) is 5.69 Å². The second kappa shape index (κ2) is 6.52. The zero-order valence-electron chi connectivity index (χ0n) is 9.78. The predicted molar refractivity (Wildman–Crippen MR) is 62.7 cm³/mol. The van der Waals surface area contributed by atoms with Crippen LogP contribution in [0.2, 0.25) is 10.0 Å². The van der Waals surface area contributed by atoms with Crippen LogP contribution in [0.15, 0.2) is 24.4 Å². The topological polar surface area (TPSA) is 58.0 Å². The molecule has 0 saturated heterocycles. The third-order valence-electron chi connectivity index (χ3n) is 2.29. The van der Waals surface area contributed by atoms with E-state index in [0.29, 0.717) is 21.3 Å². The molecular weight excluding hydrogens is 302 g/mol. The molecule has 0 radical (unpaired) electrons. The Bertz CT molecular complexity index is 578. The summed E-state index contributed by atoms with van der Waals surface area (Å²) in [5.41, 5.74) is 0.768. The number of hydrogen-bond acceptors (Lipinski definition) is 3. The molecule has 0 aliphatic rings. The Hall–Kier alpha value is 0.116. The molecule has 0 aliphatic heterocycles. The Morgan fingerprint density at radius 2 is 1.89 bits per heavy atom. The molecule has 0 fully saturated rings. The van der Waals surface area contributed by atoms with E-state index in [1.165, 1.54) is 10.9 Å². The maximum atomic E-state index is 11.0. The van der Waals surface area contributed by atoms with Crippen LogP contribution in [0.4, 0.5) is 0 Å². The molecule has 0 bridgehead atoms. The van der Waals surface area contributed by atoms with Gasteiger partial charge in [0.1, 0.15) is 5.69 Å². The van der Waals surface area contributed by atoms with Crippen LogP contribution < -0.4 is 56.5 Å². The van der Waals surface area contributed by atoms with E-state index in [4.69, 9.17) is 23.2 Å². The van der Waals surface area contributed by atoms with Crippen LogP contribution in [-0.4, -0.2) is 15.7 Å². The molecule has 0 N–H and O–H groups in total. The van der Waals surface area contributed by atoms with Gasteiger partial charge in [-0.1, -0.05) is 29.3 Å². The summed E-state index contributed by atoms with van der Waals surface area (Å²) in [6.07, 6.45) is 1.42. The number of carbonyl (C=O) groups is 1. The fourth-order valence-electron chi connectivity index (χ4n) is 1.54. The summed E-state index contributed by atoms with van der Waals surface area (Å²) >= 11 is 12.0. The summed E-state index contributed by atoms with van der Waals surface area (Å²) in [6, 6.07) is 4.89. The minimum absolute atomic E-state index is 0. The van der Waals surface area contributed by atoms with Gasteiger partial charge >= 0.3 is 51.4 Å². The molecule has 2 rings (SSSR count). The molecular formula is C11H7Cl2KN2O2. The molecule has 1 heterocycles. The largest absolute Gasteiger partial charge is 1.00 e. The fraction of sp³-hybridized carbons (Fsp3) is 0.0909. The number of rotatable bonds is 2. The molecule has 4 nitrogen and oxygen atoms in total. The van der Waals surface area contributed by atoms with Crippen LogP contribution in [0.5, 0.6) is 0 Å². The van der Waals surface area contributed by atoms with Crippen molar-refractivity contribution < 1.29 is 61.3 Å². The third kappa shape index (κ3) is 2.99. The van der Waals surface area contributed by atoms with Gasteiger partial charge in [0.15, 0.2) is 0 Å². The van der Waals surface area contributed by atoms with E-state index in [1.807, 2.05) is 0 Å². The van der Waals surface area contributed by atoms with Crippen LogP contribution in [0.25, 0.3) is 5.69 Å². The van der Waals surface area contributed by atoms with Gasteiger partial charge in [-0.15, -0.1) is 0 Å². The summed E-state index contributed by atoms with van der Waals surface area (Å²) in [7, 11) is 0. The summed E-state index contributed by atoms with van der Waals surface area (Å²) in [5, 5.41) is 15.6. The van der Waals surface area contributed by atoms with Crippen LogP contribution in [0, 0.1) is 6.92 Å². The summed E-state index contributed by atoms with van der Waals surface area (Å²) in [5.74, 6) is -1.32. The minimum Gasteiger partial charge on any atom is -0.543 e. The first-order chi connectivity index (χ1) is 8.02. The summed E-state index contributed by atoms with van der Waals surface area (Å²) in [6.45, 7) is 1.62. The zero-order valence-corrected chi connectivity index (χ0v) is 14.4. The van der Waals surface area contributed by atoms with Crippen molar-refractivity contribution in [2.75, 3.05) is 0 Å². The van der Waals surface area contributed by atoms with E-state index in [1.54, 1.807) is 25.1 Å². The molecule has 0 aliphatic carbocycles. The first kappa shape index (κ1) is 16.2. The molecule has 0 saturated carbocycles. The maximum absolute atomic E-state index is 11.0. The molecule has 0 unspecified atom stereocenters. The second-order valence-electron chi connectivity index (χ2n) is 3.45. The van der Waals surface area contributed by atoms with Gasteiger partial charge in [0.2, 0.25) is 0 Å². The van der Waals surface area contributed by atoms with Gasteiger partial charge in [-0.05, 0) is 24.6 Å². The van der Waals surface area contributed by atoms with Crippen molar-refractivity contribution >= 4 is 29.2 Å². The number of aryl methyl sites for hydroxylation is 1. The van der Waals surface area contributed by atoms with Crippen LogP contribution in [0.1, 0.15) is 16.1 Å². The molecule has 18 heavy (non-hydrogen) atoms. The number of carbonyl (C=O) groups excluding carboxylic acids is 1. The Labute approximate surface area is 156 Å². The second-order valence-corrected chi connectivity index (χ2v) is 4.26. The SMILES string of the molecule is Cc1cnn(-c2c(Cl)cccc2Cl)c1C(=O)[O-].[K+]. The van der Waals surface area contributed by atoms with Gasteiger partial charge < -0.3 is 9.90 Å². The maximum Gasteiger partial charge on any atom is 1.00 e. The Kier molecular flexibility index (Phi) is 5.86. The van der Waals surface area contributed by atoms with Crippen molar-refractivity contribution in [3.05, 3.63) is 45.7 Å². The number of carboxylic acid groups (broad SMARTS) is 1. The number of nitrogens with zero attached hydrogens (tertiary/aromatic N) is 2. The molecule has 0 spiro atoms. The van der Waals surface area contributed by atoms with E-state index in [-0.39, 0.29) is 57.1 Å². The standard InChI is InChI=1S/C11H8Cl2N2O2.K/c1-6-5-14-15(9(6)11(16)17)10-7(12)3-2-4-8(10)13;/h2-5H,1H3,(H,16,17);/q;+1/p-1. The minimum atomic E-state index is -1.32. The number of aromatic carboxylic acids is 1. The first-order valence-corrected chi connectivity index (χ1v) is 5.48. The van der Waals surface area contributed by atoms with E-state index < -0.39 is 5.97 Å². The zero-order chi connectivity index (χ0) is 12.6. The van der Waals surface area contributed by atoms with Gasteiger partial charge in [-0.3, -0.25) is 0 Å². The first-order valence-electron chi connectivity index (χ1n) is 4.72. The normalized spacial score (nSPS) is 9.94. The molecule has 1 aromatic heterocycles. The number of halogens is 2. The van der Waals surface area contributed by atoms with Crippen molar-refractivity contribution in [1.29, 1.82) is 0 Å². The Morgan fingerprint density at radius 1 is 1.33 bits per heavy atom. The van der Waals surface area contributed by atoms with Gasteiger partial charge in [-0.2, -0.15) is 5.10 Å². The van der Waals surface area contributed by atoms with E-state index >= 15 is 0 Å². The number of benzene rings is 1. The van der Waals surface area contributed by atoms with Gasteiger partial charge in [0.05, 0.1) is 27.9 Å². The van der Waals surface area contributed by atoms with Crippen molar-refractivity contribution in [3.63, 3.8) is 0 Å². The quantitative estimate of drug-likeness (QED) is 0.659. The number of para-hydroxylation sites is 1. The van der Waals surface area contributed by atoms with Crippen LogP contribution in [-0.2, 0) is 0 Å². The van der Waals surface area contributed by atoms with Crippen molar-refractivity contribution in [2.45, 2.75) is 6.92 Å². The number of carboxylic acids is 1. The molecule has 7 heteroatoms. The Morgan fingerprint density at radius 3 is 2.39 bits per heavy atom. The average molecular weight is 309 g/mol. The molecule has 0 atom stereocenters. The molecule has 88 valence electrons. The summed E-state index contributed by atoms with van der Waals surface area (Å²) < 4.78 is 1.18. The molecule has 0 amide bonds. The van der Waals surface area contributed by atoms with Gasteiger partial charge in [-0.25, -0.2) is 4.68 Å². The average Bonchev–Trinajstić information content (AvgIpc) is 2.60. The molecule has 2 aromatic rings. The predicted octanol–water partition coefficient (Wildman–Crippen LogP) is -1.14. The fourth-order valence-corrected chi connectivity index (χ4v) is 2.10. The van der Waals surface area contributed by atoms with Crippen LogP contribution >= 0.6 is 23.2 Å². The number of aromatic nitrogens is 2. The smallest absolute Gasteiger partial charge is 0.543 e. The van der Waals surface area contributed by atoms with Gasteiger partial charge in [0.25, 0.3) is 0 Å². The monoisotopic (exact) mass is 308 g/mol. The molecule has 1 aromatic carbocycles. The summed E-state index contributed by atoms with van der Waals surface area (Å²) in [4.78, 5) is 11.0. The van der Waals surface area contributed by atoms with E-state index in [0.717, 1.165) is 0 Å². The van der Waals surface area contributed by atoms with E-state index in [9.17, 15) is 9.90 Å². The Balaban J connectivity index is 0.00000162. The van der Waals surface area contributed by atoms with Crippen molar-refractivity contribution in [1.82, 2.24) is 9.78 Å². The van der Waals surface area contributed by atoms with Gasteiger partial charge in [0, 0.05) is 0 Å². The van der Waals surface area contributed by atoms with Crippen LogP contribution in [0.3, 0.4) is 0 Å². The number of hydrogen-bond donors (Lipinski definition) is 0.